The van der Waals surface area contributed by atoms with Crippen molar-refractivity contribution >= 4 is 21.5 Å². The van der Waals surface area contributed by atoms with Gasteiger partial charge >= 0.3 is 0 Å². The summed E-state index contributed by atoms with van der Waals surface area (Å²) in [6.07, 6.45) is 1.58. The zero-order chi connectivity index (χ0) is 25.9. The number of Topliss-reactive ketones (excluding diaryl/α,β-unsaturated/α-hetero) is 1. The summed E-state index contributed by atoms with van der Waals surface area (Å²) in [6, 6.07) is 14.3. The molecule has 1 N–H and O–H groups in total. The van der Waals surface area contributed by atoms with Gasteiger partial charge < -0.3 is 14.7 Å². The van der Waals surface area contributed by atoms with Crippen LogP contribution in [0.3, 0.4) is 0 Å². The molecule has 9 heteroatoms. The molecule has 0 radical (unpaired) electrons. The molecule has 4 rings (SSSR count). The first-order chi connectivity index (χ1) is 17.1. The molecular formula is C27H34N2O6S. The number of nitrogens with zero attached hydrogens (tertiary/aromatic N) is 2. The van der Waals surface area contributed by atoms with Gasteiger partial charge in [0.2, 0.25) is 0 Å². The lowest BCUT2D eigenvalue weighted by Gasteiger charge is -2.32. The molecular weight excluding hydrogens is 480 g/mol. The van der Waals surface area contributed by atoms with Crippen LogP contribution in [0.15, 0.2) is 42.5 Å². The summed E-state index contributed by atoms with van der Waals surface area (Å²) in [5.41, 5.74) is 4.95. The van der Waals surface area contributed by atoms with Crippen molar-refractivity contribution in [3.63, 3.8) is 0 Å². The van der Waals surface area contributed by atoms with Gasteiger partial charge in [-0.3, -0.25) is 14.5 Å². The van der Waals surface area contributed by atoms with Crippen LogP contribution in [0.4, 0.5) is 0 Å². The number of aliphatic hydroxyl groups is 1. The van der Waals surface area contributed by atoms with E-state index >= 15 is 0 Å². The number of rotatable bonds is 9. The second kappa shape index (κ2) is 10.8. The first kappa shape index (κ1) is 26.5. The second-order valence-electron chi connectivity index (χ2n) is 9.83. The average molecular weight is 515 g/mol. The molecule has 0 saturated carbocycles. The van der Waals surface area contributed by atoms with Crippen LogP contribution in [0.5, 0.6) is 0 Å². The molecule has 2 aliphatic heterocycles. The minimum absolute atomic E-state index is 0.0544. The number of sulfone groups is 1. The number of aliphatic hydroxyl groups excluding tert-OH is 1. The number of benzene rings is 2. The van der Waals surface area contributed by atoms with Gasteiger partial charge in [-0.25, -0.2) is 8.42 Å². The molecule has 36 heavy (non-hydrogen) atoms. The summed E-state index contributed by atoms with van der Waals surface area (Å²) in [6.45, 7) is 5.40. The van der Waals surface area contributed by atoms with E-state index in [0.29, 0.717) is 18.5 Å². The molecule has 2 aromatic rings. The molecule has 0 aliphatic carbocycles. The van der Waals surface area contributed by atoms with E-state index in [-0.39, 0.29) is 18.9 Å². The molecule has 2 heterocycles. The quantitative estimate of drug-likeness (QED) is 0.545. The fraction of sp³-hybridized carbons (Fsp3) is 0.481. The van der Waals surface area contributed by atoms with Crippen LogP contribution < -0.4 is 0 Å². The number of amides is 1. The largest absolute Gasteiger partial charge is 0.389 e. The van der Waals surface area contributed by atoms with Gasteiger partial charge in [0.1, 0.15) is 11.4 Å². The predicted octanol–water partition coefficient (Wildman–Crippen LogP) is 1.94. The first-order valence-electron chi connectivity index (χ1n) is 12.3. The predicted molar refractivity (Wildman–Crippen MR) is 138 cm³/mol. The number of hydrogen-bond donors (Lipinski definition) is 1. The fourth-order valence-electron chi connectivity index (χ4n) is 4.80. The monoisotopic (exact) mass is 514 g/mol. The summed E-state index contributed by atoms with van der Waals surface area (Å²) >= 11 is 0. The van der Waals surface area contributed by atoms with Crippen LogP contribution >= 0.6 is 0 Å². The van der Waals surface area contributed by atoms with Gasteiger partial charge in [-0.15, -0.1) is 0 Å². The lowest BCUT2D eigenvalue weighted by atomic mass is 9.93. The molecule has 2 aromatic carbocycles. The maximum atomic E-state index is 13.1. The molecule has 1 fully saturated rings. The Bertz CT molecular complexity index is 1220. The smallest absolute Gasteiger partial charge is 0.254 e. The summed E-state index contributed by atoms with van der Waals surface area (Å²) in [5, 5.41) is 9.26. The number of hydrogen-bond acceptors (Lipinski definition) is 7. The molecule has 1 saturated heterocycles. The van der Waals surface area contributed by atoms with Crippen molar-refractivity contribution in [2.45, 2.75) is 31.1 Å². The Balaban J connectivity index is 1.44. The van der Waals surface area contributed by atoms with E-state index in [1.54, 1.807) is 4.90 Å². The Morgan fingerprint density at radius 2 is 1.72 bits per heavy atom. The van der Waals surface area contributed by atoms with E-state index in [2.05, 4.69) is 35.2 Å². The van der Waals surface area contributed by atoms with Crippen molar-refractivity contribution in [2.24, 2.45) is 0 Å². The molecule has 2 aliphatic rings. The van der Waals surface area contributed by atoms with Crippen molar-refractivity contribution < 1.29 is 27.9 Å². The van der Waals surface area contributed by atoms with Gasteiger partial charge in [-0.1, -0.05) is 36.4 Å². The zero-order valence-corrected chi connectivity index (χ0v) is 21.7. The summed E-state index contributed by atoms with van der Waals surface area (Å²) in [7, 11) is -3.76. The average Bonchev–Trinajstić information content (AvgIpc) is 2.88. The van der Waals surface area contributed by atoms with E-state index in [1.807, 2.05) is 12.1 Å². The fourth-order valence-corrected chi connectivity index (χ4v) is 5.74. The minimum atomic E-state index is -3.76. The highest BCUT2D eigenvalue weighted by molar-refractivity contribution is 7.92. The van der Waals surface area contributed by atoms with Gasteiger partial charge in [0.15, 0.2) is 15.6 Å². The SMILES string of the molecule is C[C@@](CCN1CCc2cc(-c3ccc(CN4CCOCC4)cc3)ccc2C1=O)(C(=O)CO)S(C)(=O)=O. The number of carbonyl (C=O) groups excluding carboxylic acids is 2. The van der Waals surface area contributed by atoms with Crippen LogP contribution in [0, 0.1) is 0 Å². The van der Waals surface area contributed by atoms with Gasteiger partial charge in [0.05, 0.1) is 13.2 Å². The highest BCUT2D eigenvalue weighted by atomic mass is 32.2. The third-order valence-corrected chi connectivity index (χ3v) is 9.55. The van der Waals surface area contributed by atoms with E-state index in [1.165, 1.54) is 12.5 Å². The molecule has 0 bridgehead atoms. The maximum Gasteiger partial charge on any atom is 0.254 e. The number of morpholine rings is 1. The summed E-state index contributed by atoms with van der Waals surface area (Å²) in [5.74, 6) is -0.925. The van der Waals surface area contributed by atoms with Gasteiger partial charge in [0.25, 0.3) is 5.91 Å². The first-order valence-corrected chi connectivity index (χ1v) is 14.2. The van der Waals surface area contributed by atoms with Gasteiger partial charge in [-0.05, 0) is 48.1 Å². The van der Waals surface area contributed by atoms with Crippen LogP contribution in [0.25, 0.3) is 11.1 Å². The highest BCUT2D eigenvalue weighted by Crippen LogP contribution is 2.29. The molecule has 194 valence electrons. The van der Waals surface area contributed by atoms with Crippen molar-refractivity contribution in [3.8, 4) is 11.1 Å². The second-order valence-corrected chi connectivity index (χ2v) is 12.3. The normalized spacial score (nSPS) is 18.5. The summed E-state index contributed by atoms with van der Waals surface area (Å²) < 4.78 is 28.2. The Morgan fingerprint density at radius 1 is 1.06 bits per heavy atom. The van der Waals surface area contributed by atoms with Gasteiger partial charge in [-0.2, -0.15) is 0 Å². The Hall–Kier alpha value is -2.59. The number of carbonyl (C=O) groups is 2. The number of ether oxygens (including phenoxy) is 1. The Labute approximate surface area is 212 Å². The highest BCUT2D eigenvalue weighted by Gasteiger charge is 2.43. The van der Waals surface area contributed by atoms with Crippen LogP contribution in [0.1, 0.15) is 34.8 Å². The van der Waals surface area contributed by atoms with E-state index in [9.17, 15) is 23.1 Å². The van der Waals surface area contributed by atoms with E-state index < -0.39 is 27.0 Å². The molecule has 0 unspecified atom stereocenters. The van der Waals surface area contributed by atoms with Crippen molar-refractivity contribution in [1.82, 2.24) is 9.80 Å². The third-order valence-electron chi connectivity index (χ3n) is 7.48. The minimum Gasteiger partial charge on any atom is -0.389 e. The lowest BCUT2D eigenvalue weighted by Crippen LogP contribution is -2.48. The summed E-state index contributed by atoms with van der Waals surface area (Å²) in [4.78, 5) is 29.3. The topological polar surface area (TPSA) is 104 Å². The molecule has 8 nitrogen and oxygen atoms in total. The van der Waals surface area contributed by atoms with Crippen molar-refractivity contribution in [2.75, 3.05) is 52.3 Å². The molecule has 1 amide bonds. The molecule has 1 atom stereocenters. The molecule has 0 aromatic heterocycles. The van der Waals surface area contributed by atoms with E-state index in [0.717, 1.165) is 55.8 Å². The zero-order valence-electron chi connectivity index (χ0n) is 20.9. The van der Waals surface area contributed by atoms with Crippen molar-refractivity contribution in [3.05, 3.63) is 59.2 Å². The van der Waals surface area contributed by atoms with Gasteiger partial charge in [0, 0.05) is 44.5 Å². The molecule has 0 spiro atoms. The lowest BCUT2D eigenvalue weighted by molar-refractivity contribution is -0.124. The number of fused-ring (bicyclic) bond motifs is 1. The van der Waals surface area contributed by atoms with E-state index in [4.69, 9.17) is 4.74 Å². The third kappa shape index (κ3) is 5.54. The van der Waals surface area contributed by atoms with Crippen LogP contribution in [0.2, 0.25) is 0 Å². The Kier molecular flexibility index (Phi) is 7.94. The maximum absolute atomic E-state index is 13.1. The number of ketones is 1. The standard InChI is InChI=1S/C27H34N2O6S/c1-27(25(31)19-30,36(2,33)34)10-12-29-11-9-23-17-22(7-8-24(23)26(29)32)21-5-3-20(4-6-21)18-28-13-15-35-16-14-28/h3-8,17,30H,9-16,18-19H2,1-2H3/t27-/m1/s1. The van der Waals surface area contributed by atoms with Crippen LogP contribution in [-0.2, 0) is 32.3 Å². The van der Waals surface area contributed by atoms with Crippen molar-refractivity contribution in [1.29, 1.82) is 0 Å². The Morgan fingerprint density at radius 3 is 2.36 bits per heavy atom. The van der Waals surface area contributed by atoms with Crippen LogP contribution in [-0.4, -0.2) is 92.0 Å².